The summed E-state index contributed by atoms with van der Waals surface area (Å²) < 4.78 is 11.3. The molecule has 0 bridgehead atoms. The maximum Gasteiger partial charge on any atom is 0.156 e. The topological polar surface area (TPSA) is 50.7 Å². The second kappa shape index (κ2) is 6.42. The van der Waals surface area contributed by atoms with E-state index in [9.17, 15) is 5.11 Å². The molecule has 5 heteroatoms. The van der Waals surface area contributed by atoms with E-state index in [1.165, 1.54) is 0 Å². The zero-order valence-electron chi connectivity index (χ0n) is 14.0. The number of benzene rings is 1. The van der Waals surface area contributed by atoms with Gasteiger partial charge in [-0.2, -0.15) is 0 Å². The Morgan fingerprint density at radius 2 is 2.00 bits per heavy atom. The predicted molar refractivity (Wildman–Crippen MR) is 92.1 cm³/mol. The molecule has 0 fully saturated rings. The van der Waals surface area contributed by atoms with Crippen molar-refractivity contribution in [2.75, 3.05) is 20.3 Å². The van der Waals surface area contributed by atoms with Gasteiger partial charge in [-0.1, -0.05) is 12.2 Å². The highest BCUT2D eigenvalue weighted by Crippen LogP contribution is 2.43. The van der Waals surface area contributed by atoms with Crippen LogP contribution in [-0.4, -0.2) is 36.0 Å². The van der Waals surface area contributed by atoms with Crippen molar-refractivity contribution in [1.82, 2.24) is 5.32 Å². The number of hydrogen-bond acceptors (Lipinski definition) is 4. The van der Waals surface area contributed by atoms with Crippen LogP contribution in [0.5, 0.6) is 11.5 Å². The molecule has 1 aromatic rings. The van der Waals surface area contributed by atoms with Crippen LogP contribution in [-0.2, 0) is 11.2 Å². The first-order valence-corrected chi connectivity index (χ1v) is 8.00. The zero-order valence-corrected chi connectivity index (χ0v) is 14.8. The minimum absolute atomic E-state index is 0.379. The average molecular weight is 323 g/mol. The van der Waals surface area contributed by atoms with E-state index in [0.29, 0.717) is 23.9 Å². The highest BCUT2D eigenvalue weighted by atomic mass is 32.1. The molecule has 0 saturated heterocycles. The van der Waals surface area contributed by atoms with Crippen LogP contribution in [0.15, 0.2) is 0 Å². The number of thiocarbonyl (C=S) groups is 1. The first kappa shape index (κ1) is 17.0. The lowest BCUT2D eigenvalue weighted by molar-refractivity contribution is 0.130. The van der Waals surface area contributed by atoms with Crippen molar-refractivity contribution in [3.63, 3.8) is 0 Å². The molecule has 0 aromatic heterocycles. The molecule has 122 valence electrons. The SMILES string of the molecule is COCCNC(=S)C1(C)CCc2c(C)c(O)c(C)c(C)c2O1. The molecule has 1 atom stereocenters. The second-order valence-corrected chi connectivity index (χ2v) is 6.52. The van der Waals surface area contributed by atoms with E-state index in [0.717, 1.165) is 40.8 Å². The summed E-state index contributed by atoms with van der Waals surface area (Å²) in [6.07, 6.45) is 1.64. The van der Waals surface area contributed by atoms with Gasteiger partial charge in [0.15, 0.2) is 5.60 Å². The highest BCUT2D eigenvalue weighted by molar-refractivity contribution is 7.80. The molecule has 0 aliphatic carbocycles. The van der Waals surface area contributed by atoms with Crippen LogP contribution < -0.4 is 10.1 Å². The number of ether oxygens (including phenoxy) is 2. The lowest BCUT2D eigenvalue weighted by atomic mass is 9.87. The fourth-order valence-electron chi connectivity index (χ4n) is 2.86. The highest BCUT2D eigenvalue weighted by Gasteiger charge is 2.38. The lowest BCUT2D eigenvalue weighted by Crippen LogP contribution is -2.50. The number of fused-ring (bicyclic) bond motifs is 1. The summed E-state index contributed by atoms with van der Waals surface area (Å²) in [5.41, 5.74) is 3.36. The molecule has 2 N–H and O–H groups in total. The molecule has 22 heavy (non-hydrogen) atoms. The van der Waals surface area contributed by atoms with Gasteiger partial charge in [0, 0.05) is 19.2 Å². The summed E-state index contributed by atoms with van der Waals surface area (Å²) in [5, 5.41) is 13.4. The van der Waals surface area contributed by atoms with Gasteiger partial charge in [-0.05, 0) is 57.2 Å². The van der Waals surface area contributed by atoms with E-state index in [2.05, 4.69) is 5.32 Å². The third-order valence-electron chi connectivity index (χ3n) is 4.59. The van der Waals surface area contributed by atoms with Gasteiger partial charge in [0.25, 0.3) is 0 Å². The number of phenolic OH excluding ortho intramolecular Hbond substituents is 1. The van der Waals surface area contributed by atoms with E-state index in [4.69, 9.17) is 21.7 Å². The Balaban J connectivity index is 2.29. The first-order chi connectivity index (χ1) is 10.3. The van der Waals surface area contributed by atoms with Crippen molar-refractivity contribution in [1.29, 1.82) is 0 Å². The van der Waals surface area contributed by atoms with Gasteiger partial charge in [-0.25, -0.2) is 0 Å². The largest absolute Gasteiger partial charge is 0.507 e. The van der Waals surface area contributed by atoms with Crippen LogP contribution in [0.25, 0.3) is 0 Å². The van der Waals surface area contributed by atoms with E-state index in [1.807, 2.05) is 27.7 Å². The van der Waals surface area contributed by atoms with Gasteiger partial charge in [0.1, 0.15) is 16.5 Å². The van der Waals surface area contributed by atoms with E-state index in [1.54, 1.807) is 7.11 Å². The van der Waals surface area contributed by atoms with Crippen LogP contribution in [0.3, 0.4) is 0 Å². The molecule has 2 rings (SSSR count). The number of methoxy groups -OCH3 is 1. The third-order valence-corrected chi connectivity index (χ3v) is 5.17. The van der Waals surface area contributed by atoms with Gasteiger partial charge in [0.2, 0.25) is 0 Å². The third kappa shape index (κ3) is 2.92. The van der Waals surface area contributed by atoms with Crippen LogP contribution in [0.1, 0.15) is 35.6 Å². The maximum atomic E-state index is 10.2. The van der Waals surface area contributed by atoms with Crippen LogP contribution in [0.4, 0.5) is 0 Å². The van der Waals surface area contributed by atoms with Crippen LogP contribution in [0, 0.1) is 20.8 Å². The Hall–Kier alpha value is -1.33. The molecule has 1 heterocycles. The summed E-state index contributed by atoms with van der Waals surface area (Å²) in [6, 6.07) is 0. The molecule has 0 amide bonds. The average Bonchev–Trinajstić information content (AvgIpc) is 2.51. The molecule has 4 nitrogen and oxygen atoms in total. The summed E-state index contributed by atoms with van der Waals surface area (Å²) >= 11 is 5.52. The van der Waals surface area contributed by atoms with E-state index in [-0.39, 0.29) is 0 Å². The standard InChI is InChI=1S/C17H25NO3S/c1-10-11(2)15-13(12(3)14(10)19)6-7-17(4,21-15)16(22)18-8-9-20-5/h19H,6-9H2,1-5H3,(H,18,22). The van der Waals surface area contributed by atoms with Crippen molar-refractivity contribution >= 4 is 17.2 Å². The van der Waals surface area contributed by atoms with E-state index >= 15 is 0 Å². The molecular weight excluding hydrogens is 298 g/mol. The molecule has 1 aromatic carbocycles. The van der Waals surface area contributed by atoms with E-state index < -0.39 is 5.60 Å². The van der Waals surface area contributed by atoms with Crippen molar-refractivity contribution in [2.45, 2.75) is 46.1 Å². The number of aromatic hydroxyl groups is 1. The predicted octanol–water partition coefficient (Wildman–Crippen LogP) is 2.96. The molecule has 1 unspecified atom stereocenters. The fraction of sp³-hybridized carbons (Fsp3) is 0.588. The molecule has 1 aliphatic rings. The van der Waals surface area contributed by atoms with Gasteiger partial charge < -0.3 is 19.9 Å². The Labute approximate surface area is 137 Å². The van der Waals surface area contributed by atoms with Crippen molar-refractivity contribution in [2.24, 2.45) is 0 Å². The van der Waals surface area contributed by atoms with Crippen molar-refractivity contribution in [3.8, 4) is 11.5 Å². The minimum Gasteiger partial charge on any atom is -0.507 e. The van der Waals surface area contributed by atoms with Gasteiger partial charge in [-0.15, -0.1) is 0 Å². The molecule has 0 spiro atoms. The normalized spacial score (nSPS) is 20.2. The molecular formula is C17H25NO3S. The smallest absolute Gasteiger partial charge is 0.156 e. The number of hydrogen-bond donors (Lipinski definition) is 2. The summed E-state index contributed by atoms with van der Waals surface area (Å²) in [7, 11) is 1.67. The van der Waals surface area contributed by atoms with Gasteiger partial charge in [0.05, 0.1) is 6.61 Å². The Morgan fingerprint density at radius 3 is 2.64 bits per heavy atom. The molecule has 0 saturated carbocycles. The Morgan fingerprint density at radius 1 is 1.32 bits per heavy atom. The summed E-state index contributed by atoms with van der Waals surface area (Å²) in [6.45, 7) is 9.16. The summed E-state index contributed by atoms with van der Waals surface area (Å²) in [5.74, 6) is 1.25. The first-order valence-electron chi connectivity index (χ1n) is 7.59. The monoisotopic (exact) mass is 323 g/mol. The number of nitrogens with one attached hydrogen (secondary N) is 1. The fourth-order valence-corrected chi connectivity index (χ4v) is 3.11. The number of phenols is 1. The zero-order chi connectivity index (χ0) is 16.5. The summed E-state index contributed by atoms with van der Waals surface area (Å²) in [4.78, 5) is 0.706. The lowest BCUT2D eigenvalue weighted by Gasteiger charge is -2.38. The van der Waals surface area contributed by atoms with Crippen LogP contribution in [0.2, 0.25) is 0 Å². The van der Waals surface area contributed by atoms with Gasteiger partial charge in [-0.3, -0.25) is 0 Å². The quantitative estimate of drug-likeness (QED) is 0.659. The molecule has 1 aliphatic heterocycles. The Kier molecular flexibility index (Phi) is 4.97. The molecule has 0 radical (unpaired) electrons. The maximum absolute atomic E-state index is 10.2. The number of rotatable bonds is 4. The Bertz CT molecular complexity index is 600. The minimum atomic E-state index is -0.517. The van der Waals surface area contributed by atoms with Crippen molar-refractivity contribution in [3.05, 3.63) is 22.3 Å². The van der Waals surface area contributed by atoms with Crippen molar-refractivity contribution < 1.29 is 14.6 Å². The van der Waals surface area contributed by atoms with Gasteiger partial charge >= 0.3 is 0 Å². The second-order valence-electron chi connectivity index (χ2n) is 6.11. The van der Waals surface area contributed by atoms with Crippen LogP contribution >= 0.6 is 12.2 Å².